The van der Waals surface area contributed by atoms with Crippen molar-refractivity contribution in [2.45, 2.75) is 38.1 Å². The Morgan fingerprint density at radius 3 is 2.72 bits per heavy atom. The van der Waals surface area contributed by atoms with E-state index in [0.29, 0.717) is 6.04 Å². The third kappa shape index (κ3) is 5.25. The van der Waals surface area contributed by atoms with E-state index in [2.05, 4.69) is 62.0 Å². The molecule has 1 rings (SSSR count). The molecule has 0 heterocycles. The Hall–Kier alpha value is -0.120. The van der Waals surface area contributed by atoms with Gasteiger partial charge < -0.3 is 5.32 Å². The molecule has 1 unspecified atom stereocenters. The fraction of sp³-hybridized carbons (Fsp3) is 0.467. The summed E-state index contributed by atoms with van der Waals surface area (Å²) in [5.74, 6) is 0. The number of nitrogens with one attached hydrogen (secondary N) is 1. The monoisotopic (exact) mass is 373 g/mol. The average Bonchev–Trinajstić information content (AvgIpc) is 2.37. The van der Waals surface area contributed by atoms with Crippen LogP contribution in [0.1, 0.15) is 43.7 Å². The van der Waals surface area contributed by atoms with Crippen LogP contribution >= 0.6 is 31.9 Å². The Labute approximate surface area is 127 Å². The summed E-state index contributed by atoms with van der Waals surface area (Å²) in [7, 11) is 2.03. The quantitative estimate of drug-likeness (QED) is 0.460. The van der Waals surface area contributed by atoms with E-state index in [4.69, 9.17) is 0 Å². The summed E-state index contributed by atoms with van der Waals surface area (Å²) in [5.41, 5.74) is 1.33. The zero-order valence-corrected chi connectivity index (χ0v) is 14.1. The fourth-order valence-electron chi connectivity index (χ4n) is 2.05. The van der Waals surface area contributed by atoms with E-state index < -0.39 is 0 Å². The van der Waals surface area contributed by atoms with Crippen LogP contribution in [-0.2, 0) is 0 Å². The lowest BCUT2D eigenvalue weighted by Gasteiger charge is -2.18. The van der Waals surface area contributed by atoms with E-state index in [-0.39, 0.29) is 0 Å². The SMILES string of the molecule is C=CCCCCCC(NC)c1cc(Br)ccc1Br. The van der Waals surface area contributed by atoms with Crippen molar-refractivity contribution in [1.82, 2.24) is 5.32 Å². The topological polar surface area (TPSA) is 12.0 Å². The lowest BCUT2D eigenvalue weighted by Crippen LogP contribution is -2.16. The van der Waals surface area contributed by atoms with Gasteiger partial charge in [0, 0.05) is 15.0 Å². The molecule has 0 saturated heterocycles. The summed E-state index contributed by atoms with van der Waals surface area (Å²) in [6.07, 6.45) is 8.07. The normalized spacial score (nSPS) is 12.4. The zero-order chi connectivity index (χ0) is 13.4. The zero-order valence-electron chi connectivity index (χ0n) is 10.9. The molecule has 1 nitrogen and oxygen atoms in total. The predicted octanol–water partition coefficient (Wildman–Crippen LogP) is 5.61. The van der Waals surface area contributed by atoms with Gasteiger partial charge in [0.05, 0.1) is 0 Å². The lowest BCUT2D eigenvalue weighted by molar-refractivity contribution is 0.506. The first-order chi connectivity index (χ1) is 8.69. The van der Waals surface area contributed by atoms with Crippen molar-refractivity contribution in [3.05, 3.63) is 45.4 Å². The van der Waals surface area contributed by atoms with Crippen LogP contribution in [0.25, 0.3) is 0 Å². The number of hydrogen-bond acceptors (Lipinski definition) is 1. The van der Waals surface area contributed by atoms with E-state index >= 15 is 0 Å². The second-order valence-electron chi connectivity index (χ2n) is 4.43. The molecule has 0 aromatic heterocycles. The van der Waals surface area contributed by atoms with Gasteiger partial charge in [-0.15, -0.1) is 6.58 Å². The molecule has 0 radical (unpaired) electrons. The molecule has 0 aliphatic carbocycles. The number of hydrogen-bond donors (Lipinski definition) is 1. The summed E-state index contributed by atoms with van der Waals surface area (Å²) >= 11 is 7.17. The summed E-state index contributed by atoms with van der Waals surface area (Å²) in [5, 5.41) is 3.41. The van der Waals surface area contributed by atoms with Crippen LogP contribution in [0.4, 0.5) is 0 Å². The molecule has 3 heteroatoms. The number of rotatable bonds is 8. The Morgan fingerprint density at radius 1 is 1.28 bits per heavy atom. The van der Waals surface area contributed by atoms with Gasteiger partial charge in [-0.1, -0.05) is 50.8 Å². The van der Waals surface area contributed by atoms with Crippen LogP contribution in [0, 0.1) is 0 Å². The molecule has 0 bridgehead atoms. The first-order valence-corrected chi connectivity index (χ1v) is 8.00. The highest BCUT2D eigenvalue weighted by atomic mass is 79.9. The first kappa shape index (κ1) is 15.9. The second-order valence-corrected chi connectivity index (χ2v) is 6.20. The summed E-state index contributed by atoms with van der Waals surface area (Å²) in [6.45, 7) is 3.75. The highest BCUT2D eigenvalue weighted by molar-refractivity contribution is 9.11. The molecule has 0 amide bonds. The average molecular weight is 375 g/mol. The number of benzene rings is 1. The van der Waals surface area contributed by atoms with Crippen molar-refractivity contribution in [2.75, 3.05) is 7.05 Å². The third-order valence-corrected chi connectivity index (χ3v) is 4.30. The molecule has 1 N–H and O–H groups in total. The van der Waals surface area contributed by atoms with Crippen molar-refractivity contribution < 1.29 is 0 Å². The second kappa shape index (κ2) is 8.89. The van der Waals surface area contributed by atoms with Gasteiger partial charge in [-0.25, -0.2) is 0 Å². The third-order valence-electron chi connectivity index (χ3n) is 3.08. The molecular weight excluding hydrogens is 354 g/mol. The van der Waals surface area contributed by atoms with Crippen LogP contribution in [-0.4, -0.2) is 7.05 Å². The summed E-state index contributed by atoms with van der Waals surface area (Å²) < 4.78 is 2.31. The lowest BCUT2D eigenvalue weighted by atomic mass is 10.0. The van der Waals surface area contributed by atoms with Crippen LogP contribution < -0.4 is 5.32 Å². The summed E-state index contributed by atoms with van der Waals surface area (Å²) in [6, 6.07) is 6.77. The Kier molecular flexibility index (Phi) is 7.87. The van der Waals surface area contributed by atoms with Crippen molar-refractivity contribution >= 4 is 31.9 Å². The van der Waals surface area contributed by atoms with Gasteiger partial charge in [0.15, 0.2) is 0 Å². The minimum Gasteiger partial charge on any atom is -0.313 e. The molecule has 18 heavy (non-hydrogen) atoms. The highest BCUT2D eigenvalue weighted by Crippen LogP contribution is 2.29. The Morgan fingerprint density at radius 2 is 2.06 bits per heavy atom. The van der Waals surface area contributed by atoms with Crippen LogP contribution in [0.15, 0.2) is 39.8 Å². The van der Waals surface area contributed by atoms with Crippen molar-refractivity contribution in [3.8, 4) is 0 Å². The molecule has 0 spiro atoms. The Balaban J connectivity index is 2.54. The molecule has 1 aromatic rings. The van der Waals surface area contributed by atoms with Gasteiger partial charge in [0.1, 0.15) is 0 Å². The van der Waals surface area contributed by atoms with Gasteiger partial charge in [0.2, 0.25) is 0 Å². The van der Waals surface area contributed by atoms with Crippen molar-refractivity contribution in [2.24, 2.45) is 0 Å². The molecule has 0 fully saturated rings. The van der Waals surface area contributed by atoms with Crippen LogP contribution in [0.3, 0.4) is 0 Å². The maximum Gasteiger partial charge on any atom is 0.0329 e. The minimum atomic E-state index is 0.417. The summed E-state index contributed by atoms with van der Waals surface area (Å²) in [4.78, 5) is 0. The van der Waals surface area contributed by atoms with E-state index in [1.165, 1.54) is 35.7 Å². The first-order valence-electron chi connectivity index (χ1n) is 6.42. The van der Waals surface area contributed by atoms with Gasteiger partial charge >= 0.3 is 0 Å². The standard InChI is InChI=1S/C15H21Br2N/c1-3-4-5-6-7-8-15(18-2)13-11-12(16)9-10-14(13)17/h3,9-11,15,18H,1,4-8H2,2H3. The van der Waals surface area contributed by atoms with E-state index in [1.54, 1.807) is 0 Å². The molecular formula is C15H21Br2N. The molecule has 0 saturated carbocycles. The molecule has 0 aliphatic heterocycles. The van der Waals surface area contributed by atoms with Gasteiger partial charge in [-0.3, -0.25) is 0 Å². The van der Waals surface area contributed by atoms with Crippen molar-refractivity contribution in [3.63, 3.8) is 0 Å². The van der Waals surface area contributed by atoms with E-state index in [9.17, 15) is 0 Å². The maximum atomic E-state index is 3.75. The van der Waals surface area contributed by atoms with Gasteiger partial charge in [-0.05, 0) is 50.1 Å². The molecule has 1 aromatic carbocycles. The fourth-order valence-corrected chi connectivity index (χ4v) is 2.95. The van der Waals surface area contributed by atoms with Crippen molar-refractivity contribution in [1.29, 1.82) is 0 Å². The van der Waals surface area contributed by atoms with Gasteiger partial charge in [-0.2, -0.15) is 0 Å². The largest absolute Gasteiger partial charge is 0.313 e. The predicted molar refractivity (Wildman–Crippen MR) is 86.9 cm³/mol. The number of allylic oxidation sites excluding steroid dienone is 1. The van der Waals surface area contributed by atoms with Gasteiger partial charge in [0.25, 0.3) is 0 Å². The smallest absolute Gasteiger partial charge is 0.0329 e. The van der Waals surface area contributed by atoms with E-state index in [1.807, 2.05) is 13.1 Å². The van der Waals surface area contributed by atoms with E-state index in [0.717, 1.165) is 10.9 Å². The minimum absolute atomic E-state index is 0.417. The maximum absolute atomic E-state index is 3.75. The van der Waals surface area contributed by atoms with Crippen LogP contribution in [0.2, 0.25) is 0 Å². The highest BCUT2D eigenvalue weighted by Gasteiger charge is 2.12. The molecule has 0 aliphatic rings. The Bertz CT molecular complexity index is 377. The number of unbranched alkanes of at least 4 members (excludes halogenated alkanes) is 3. The number of halogens is 2. The molecule has 100 valence electrons. The van der Waals surface area contributed by atoms with Crippen LogP contribution in [0.5, 0.6) is 0 Å². The molecule has 1 atom stereocenters.